The zero-order valence-electron chi connectivity index (χ0n) is 22.8. The molecule has 0 aliphatic heterocycles. The van der Waals surface area contributed by atoms with Gasteiger partial charge in [0.2, 0.25) is 5.91 Å². The highest BCUT2D eigenvalue weighted by Crippen LogP contribution is 2.47. The van der Waals surface area contributed by atoms with Gasteiger partial charge in [-0.15, -0.1) is 0 Å². The van der Waals surface area contributed by atoms with Crippen LogP contribution in [-0.2, 0) is 17.8 Å². The second-order valence-electron chi connectivity index (χ2n) is 11.0. The molecule has 1 aromatic heterocycles. The van der Waals surface area contributed by atoms with Crippen molar-refractivity contribution in [2.75, 3.05) is 13.6 Å². The zero-order chi connectivity index (χ0) is 26.9. The summed E-state index contributed by atoms with van der Waals surface area (Å²) in [6, 6.07) is 23.4. The van der Waals surface area contributed by atoms with Gasteiger partial charge in [-0.1, -0.05) is 60.7 Å². The number of benzene rings is 3. The molecule has 1 amide bonds. The van der Waals surface area contributed by atoms with E-state index in [4.69, 9.17) is 0 Å². The lowest BCUT2D eigenvalue weighted by Crippen LogP contribution is -2.34. The molecule has 1 aliphatic carbocycles. The number of hydrogen-bond acceptors (Lipinski definition) is 2. The highest BCUT2D eigenvalue weighted by atomic mass is 19.1. The largest absolute Gasteiger partial charge is 0.345 e. The van der Waals surface area contributed by atoms with E-state index in [2.05, 4.69) is 47.9 Å². The van der Waals surface area contributed by atoms with Crippen LogP contribution in [0.2, 0.25) is 0 Å². The molecule has 0 unspecified atom stereocenters. The average molecular weight is 510 g/mol. The van der Waals surface area contributed by atoms with E-state index < -0.39 is 0 Å². The Balaban J connectivity index is 1.18. The van der Waals surface area contributed by atoms with Crippen molar-refractivity contribution >= 4 is 5.91 Å². The van der Waals surface area contributed by atoms with Crippen LogP contribution >= 0.6 is 0 Å². The molecule has 0 radical (unpaired) electrons. The Bertz CT molecular complexity index is 1450. The maximum Gasteiger partial charge on any atom is 0.222 e. The van der Waals surface area contributed by atoms with Gasteiger partial charge in [0.15, 0.2) is 0 Å². The minimum absolute atomic E-state index is 0.160. The zero-order valence-corrected chi connectivity index (χ0v) is 22.8. The van der Waals surface area contributed by atoms with Crippen molar-refractivity contribution in [1.29, 1.82) is 0 Å². The van der Waals surface area contributed by atoms with Crippen LogP contribution in [0.5, 0.6) is 0 Å². The molecule has 1 fully saturated rings. The molecule has 0 atom stereocenters. The number of rotatable bonds is 9. The Hall–Kier alpha value is -3.73. The third-order valence-electron chi connectivity index (χ3n) is 7.84. The third kappa shape index (κ3) is 5.72. The van der Waals surface area contributed by atoms with Crippen LogP contribution in [0.4, 0.5) is 4.39 Å². The minimum atomic E-state index is -0.212. The molecular weight excluding hydrogens is 473 g/mol. The topological polar surface area (TPSA) is 38.1 Å². The quantitative estimate of drug-likeness (QED) is 0.240. The molecule has 5 rings (SSSR count). The van der Waals surface area contributed by atoms with E-state index in [1.54, 1.807) is 12.1 Å². The molecule has 4 aromatic rings. The first-order valence-electron chi connectivity index (χ1n) is 13.4. The maximum atomic E-state index is 14.1. The lowest BCUT2D eigenvalue weighted by atomic mass is 9.95. The van der Waals surface area contributed by atoms with Crippen LogP contribution in [0.3, 0.4) is 0 Å². The monoisotopic (exact) mass is 509 g/mol. The Morgan fingerprint density at radius 3 is 2.24 bits per heavy atom. The van der Waals surface area contributed by atoms with Gasteiger partial charge in [-0.3, -0.25) is 9.48 Å². The minimum Gasteiger partial charge on any atom is -0.345 e. The summed E-state index contributed by atoms with van der Waals surface area (Å²) in [5.74, 6) is -0.0218. The van der Waals surface area contributed by atoms with Crippen molar-refractivity contribution < 1.29 is 9.18 Å². The van der Waals surface area contributed by atoms with E-state index in [1.165, 1.54) is 22.9 Å². The SMILES string of the molecule is Cc1cc(C)n(CC2(CN(C)C(=O)CCc3ccc(-c4ccc(-c5ccccc5F)cc4)c(C)c3)CC2)n1. The number of aryl methyl sites for hydroxylation is 4. The lowest BCUT2D eigenvalue weighted by Gasteiger charge is -2.24. The second-order valence-corrected chi connectivity index (χ2v) is 11.0. The number of aromatic nitrogens is 2. The number of amides is 1. The van der Waals surface area contributed by atoms with Crippen LogP contribution in [0.15, 0.2) is 72.8 Å². The van der Waals surface area contributed by atoms with Gasteiger partial charge in [0, 0.05) is 43.2 Å². The molecule has 4 nitrogen and oxygen atoms in total. The smallest absolute Gasteiger partial charge is 0.222 e. The molecule has 0 bridgehead atoms. The Morgan fingerprint density at radius 1 is 0.947 bits per heavy atom. The summed E-state index contributed by atoms with van der Waals surface area (Å²) < 4.78 is 16.2. The maximum absolute atomic E-state index is 14.1. The lowest BCUT2D eigenvalue weighted by molar-refractivity contribution is -0.130. The molecule has 196 valence electrons. The van der Waals surface area contributed by atoms with E-state index in [0.717, 1.165) is 54.7 Å². The van der Waals surface area contributed by atoms with Crippen molar-refractivity contribution in [1.82, 2.24) is 14.7 Å². The first-order valence-corrected chi connectivity index (χ1v) is 13.4. The molecule has 1 aliphatic rings. The number of carbonyl (C=O) groups excluding carboxylic acids is 1. The number of carbonyl (C=O) groups is 1. The Labute approximate surface area is 225 Å². The summed E-state index contributed by atoms with van der Waals surface area (Å²) in [6.07, 6.45) is 3.51. The van der Waals surface area contributed by atoms with Gasteiger partial charge in [-0.05, 0) is 80.0 Å². The Morgan fingerprint density at radius 2 is 1.63 bits per heavy atom. The van der Waals surface area contributed by atoms with Gasteiger partial charge in [-0.25, -0.2) is 4.39 Å². The van der Waals surface area contributed by atoms with E-state index in [0.29, 0.717) is 12.0 Å². The van der Waals surface area contributed by atoms with Crippen LogP contribution in [-0.4, -0.2) is 34.2 Å². The van der Waals surface area contributed by atoms with Gasteiger partial charge < -0.3 is 4.90 Å². The number of halogens is 1. The van der Waals surface area contributed by atoms with E-state index in [-0.39, 0.29) is 17.1 Å². The van der Waals surface area contributed by atoms with Crippen LogP contribution in [0, 0.1) is 32.0 Å². The van der Waals surface area contributed by atoms with Gasteiger partial charge in [0.05, 0.1) is 5.69 Å². The predicted octanol–water partition coefficient (Wildman–Crippen LogP) is 7.15. The molecule has 0 N–H and O–H groups in total. The molecular formula is C33H36FN3O. The standard InChI is InChI=1S/C33H36FN3O/c1-23-19-26(9-15-29(23)27-11-13-28(14-12-27)30-7-5-6-8-31(30)34)10-16-32(38)36(4)21-33(17-18-33)22-37-25(3)20-24(2)35-37/h5-9,11-15,19-20H,10,16-18,21-22H2,1-4H3. The fourth-order valence-corrected chi connectivity index (χ4v) is 5.46. The van der Waals surface area contributed by atoms with E-state index in [9.17, 15) is 9.18 Å². The summed E-state index contributed by atoms with van der Waals surface area (Å²) in [5, 5.41) is 4.62. The summed E-state index contributed by atoms with van der Waals surface area (Å²) in [6.45, 7) is 7.89. The second kappa shape index (κ2) is 10.6. The van der Waals surface area contributed by atoms with Gasteiger partial charge in [-0.2, -0.15) is 5.10 Å². The average Bonchev–Trinajstić information content (AvgIpc) is 3.57. The fourth-order valence-electron chi connectivity index (χ4n) is 5.46. The van der Waals surface area contributed by atoms with Crippen molar-refractivity contribution in [2.45, 2.75) is 53.0 Å². The van der Waals surface area contributed by atoms with Gasteiger partial charge in [0.25, 0.3) is 0 Å². The predicted molar refractivity (Wildman–Crippen MR) is 151 cm³/mol. The van der Waals surface area contributed by atoms with Crippen LogP contribution in [0.1, 0.15) is 41.8 Å². The molecule has 0 saturated heterocycles. The fraction of sp³-hybridized carbons (Fsp3) is 0.333. The first kappa shape index (κ1) is 25.9. The summed E-state index contributed by atoms with van der Waals surface area (Å²) >= 11 is 0. The third-order valence-corrected chi connectivity index (χ3v) is 7.84. The summed E-state index contributed by atoms with van der Waals surface area (Å²) in [7, 11) is 1.93. The van der Waals surface area contributed by atoms with Gasteiger partial charge in [0.1, 0.15) is 5.82 Å². The molecule has 3 aromatic carbocycles. The number of hydrogen-bond donors (Lipinski definition) is 0. The molecule has 5 heteroatoms. The molecule has 38 heavy (non-hydrogen) atoms. The Kier molecular flexibility index (Phi) is 7.20. The van der Waals surface area contributed by atoms with Crippen LogP contribution in [0.25, 0.3) is 22.3 Å². The van der Waals surface area contributed by atoms with Crippen LogP contribution < -0.4 is 0 Å². The summed E-state index contributed by atoms with van der Waals surface area (Å²) in [5.41, 5.74) is 8.45. The summed E-state index contributed by atoms with van der Waals surface area (Å²) in [4.78, 5) is 14.9. The van der Waals surface area contributed by atoms with E-state index in [1.807, 2.05) is 49.2 Å². The van der Waals surface area contributed by atoms with Crippen molar-refractivity contribution in [3.05, 3.63) is 101 Å². The van der Waals surface area contributed by atoms with Crippen molar-refractivity contribution in [3.63, 3.8) is 0 Å². The number of nitrogens with zero attached hydrogens (tertiary/aromatic N) is 3. The first-order chi connectivity index (χ1) is 18.2. The highest BCUT2D eigenvalue weighted by Gasteiger charge is 2.44. The van der Waals surface area contributed by atoms with E-state index >= 15 is 0 Å². The highest BCUT2D eigenvalue weighted by molar-refractivity contribution is 5.76. The van der Waals surface area contributed by atoms with Gasteiger partial charge >= 0.3 is 0 Å². The van der Waals surface area contributed by atoms with Crippen molar-refractivity contribution in [3.8, 4) is 22.3 Å². The molecule has 1 heterocycles. The van der Waals surface area contributed by atoms with Crippen molar-refractivity contribution in [2.24, 2.45) is 5.41 Å². The molecule has 0 spiro atoms. The normalized spacial score (nSPS) is 13.9. The molecule has 1 saturated carbocycles.